The van der Waals surface area contributed by atoms with Crippen LogP contribution in [-0.2, 0) is 11.8 Å². The number of ether oxygens (including phenoxy) is 1. The summed E-state index contributed by atoms with van der Waals surface area (Å²) in [5.74, 6) is 0.727. The van der Waals surface area contributed by atoms with Gasteiger partial charge in [0, 0.05) is 7.05 Å². The third-order valence-corrected chi connectivity index (χ3v) is 4.70. The molecule has 1 N–H and O–H groups in total. The maximum absolute atomic E-state index is 12.8. The van der Waals surface area contributed by atoms with Crippen molar-refractivity contribution < 1.29 is 9.53 Å². The summed E-state index contributed by atoms with van der Waals surface area (Å²) in [4.78, 5) is 14.6. The van der Waals surface area contributed by atoms with Gasteiger partial charge in [-0.05, 0) is 31.9 Å². The predicted octanol–water partition coefficient (Wildman–Crippen LogP) is 2.36. The third-order valence-electron chi connectivity index (χ3n) is 4.70. The molecule has 1 aromatic heterocycles. The molecule has 2 aromatic rings. The minimum Gasteiger partial charge on any atom is -0.370 e. The quantitative estimate of drug-likeness (QED) is 0.928. The highest BCUT2D eigenvalue weighted by Crippen LogP contribution is 2.27. The van der Waals surface area contributed by atoms with Crippen LogP contribution >= 0.6 is 0 Å². The number of hydrogen-bond acceptors (Lipinski definition) is 4. The number of urea groups is 1. The Morgan fingerprint density at radius 2 is 2.16 bits per heavy atom. The van der Waals surface area contributed by atoms with E-state index in [2.05, 4.69) is 34.6 Å². The molecule has 25 heavy (non-hydrogen) atoms. The van der Waals surface area contributed by atoms with Crippen LogP contribution in [-0.4, -0.2) is 44.9 Å². The molecule has 0 unspecified atom stereocenters. The SMILES string of the molecule is Cc1ccccc1[C@@H]1CN(C(=O)N[C@H](C)c2nncn2C)[C@H](C)CO1. The van der Waals surface area contributed by atoms with E-state index in [0.717, 1.165) is 11.4 Å². The van der Waals surface area contributed by atoms with Gasteiger partial charge in [0.15, 0.2) is 5.82 Å². The molecule has 1 aromatic carbocycles. The first-order valence-electron chi connectivity index (χ1n) is 8.55. The molecule has 0 aliphatic carbocycles. The summed E-state index contributed by atoms with van der Waals surface area (Å²) < 4.78 is 7.80. The molecule has 1 saturated heterocycles. The molecule has 0 spiro atoms. The Morgan fingerprint density at radius 3 is 2.84 bits per heavy atom. The van der Waals surface area contributed by atoms with E-state index in [4.69, 9.17) is 4.74 Å². The number of nitrogens with one attached hydrogen (secondary N) is 1. The lowest BCUT2D eigenvalue weighted by molar-refractivity contribution is -0.0433. The van der Waals surface area contributed by atoms with E-state index < -0.39 is 0 Å². The largest absolute Gasteiger partial charge is 0.370 e. The van der Waals surface area contributed by atoms with Gasteiger partial charge >= 0.3 is 6.03 Å². The molecule has 7 nitrogen and oxygen atoms in total. The molecular formula is C18H25N5O2. The standard InChI is InChI=1S/C18H25N5O2/c1-12-7-5-6-8-15(12)16-9-23(13(2)10-25-16)18(24)20-14(3)17-21-19-11-22(17)4/h5-8,11,13-14,16H,9-10H2,1-4H3,(H,20,24)/t13-,14-,16+/m1/s1. The summed E-state index contributed by atoms with van der Waals surface area (Å²) in [7, 11) is 1.86. The van der Waals surface area contributed by atoms with Crippen molar-refractivity contribution >= 4 is 6.03 Å². The first kappa shape index (κ1) is 17.4. The van der Waals surface area contributed by atoms with Crippen molar-refractivity contribution in [3.63, 3.8) is 0 Å². The number of aromatic nitrogens is 3. The van der Waals surface area contributed by atoms with Crippen LogP contribution in [0.1, 0.15) is 42.9 Å². The molecule has 0 saturated carbocycles. The van der Waals surface area contributed by atoms with Crippen LogP contribution in [0.3, 0.4) is 0 Å². The Morgan fingerprint density at radius 1 is 1.40 bits per heavy atom. The normalized spacial score (nSPS) is 21.8. The number of amides is 2. The Kier molecular flexibility index (Phi) is 5.03. The second kappa shape index (κ2) is 7.23. The van der Waals surface area contributed by atoms with Crippen LogP contribution in [0.15, 0.2) is 30.6 Å². The fourth-order valence-electron chi connectivity index (χ4n) is 3.19. The summed E-state index contributed by atoms with van der Waals surface area (Å²) in [6, 6.07) is 7.84. The molecular weight excluding hydrogens is 318 g/mol. The first-order valence-corrected chi connectivity index (χ1v) is 8.55. The lowest BCUT2D eigenvalue weighted by Gasteiger charge is -2.39. The van der Waals surface area contributed by atoms with Crippen LogP contribution in [0.2, 0.25) is 0 Å². The number of aryl methyl sites for hydroxylation is 2. The van der Waals surface area contributed by atoms with Gasteiger partial charge in [0.1, 0.15) is 12.4 Å². The van der Waals surface area contributed by atoms with Crippen molar-refractivity contribution in [2.75, 3.05) is 13.2 Å². The van der Waals surface area contributed by atoms with Crippen LogP contribution < -0.4 is 5.32 Å². The van der Waals surface area contributed by atoms with Gasteiger partial charge in [-0.25, -0.2) is 4.79 Å². The van der Waals surface area contributed by atoms with Crippen molar-refractivity contribution in [1.82, 2.24) is 25.0 Å². The van der Waals surface area contributed by atoms with Gasteiger partial charge in [-0.15, -0.1) is 10.2 Å². The minimum absolute atomic E-state index is 0.0203. The Hall–Kier alpha value is -2.41. The maximum atomic E-state index is 12.8. The van der Waals surface area contributed by atoms with Crippen molar-refractivity contribution in [3.05, 3.63) is 47.5 Å². The van der Waals surface area contributed by atoms with E-state index in [0.29, 0.717) is 13.2 Å². The molecule has 1 fully saturated rings. The van der Waals surface area contributed by atoms with E-state index in [9.17, 15) is 4.79 Å². The molecule has 7 heteroatoms. The van der Waals surface area contributed by atoms with E-state index >= 15 is 0 Å². The molecule has 1 aliphatic heterocycles. The highest BCUT2D eigenvalue weighted by atomic mass is 16.5. The lowest BCUT2D eigenvalue weighted by Crippen LogP contribution is -2.52. The molecule has 0 bridgehead atoms. The third kappa shape index (κ3) is 3.66. The highest BCUT2D eigenvalue weighted by molar-refractivity contribution is 5.75. The average Bonchev–Trinajstić information content (AvgIpc) is 3.02. The molecule has 134 valence electrons. The molecule has 0 radical (unpaired) electrons. The van der Waals surface area contributed by atoms with Gasteiger partial charge in [-0.3, -0.25) is 0 Å². The number of carbonyl (C=O) groups excluding carboxylic acids is 1. The Labute approximate surface area is 148 Å². The second-order valence-corrected chi connectivity index (χ2v) is 6.65. The van der Waals surface area contributed by atoms with Gasteiger partial charge in [0.25, 0.3) is 0 Å². The van der Waals surface area contributed by atoms with Crippen LogP contribution in [0, 0.1) is 6.92 Å². The van der Waals surface area contributed by atoms with E-state index in [1.807, 2.05) is 42.5 Å². The fourth-order valence-corrected chi connectivity index (χ4v) is 3.19. The van der Waals surface area contributed by atoms with Gasteiger partial charge in [0.2, 0.25) is 0 Å². The fraction of sp³-hybridized carbons (Fsp3) is 0.500. The van der Waals surface area contributed by atoms with Crippen molar-refractivity contribution in [2.24, 2.45) is 7.05 Å². The zero-order chi connectivity index (χ0) is 18.0. The van der Waals surface area contributed by atoms with E-state index in [1.165, 1.54) is 5.56 Å². The summed E-state index contributed by atoms with van der Waals surface area (Å²) in [6.07, 6.45) is 1.53. The summed E-state index contributed by atoms with van der Waals surface area (Å²) >= 11 is 0. The zero-order valence-electron chi connectivity index (χ0n) is 15.1. The number of benzene rings is 1. The zero-order valence-corrected chi connectivity index (χ0v) is 15.1. The van der Waals surface area contributed by atoms with Gasteiger partial charge in [-0.1, -0.05) is 24.3 Å². The number of carbonyl (C=O) groups is 1. The van der Waals surface area contributed by atoms with E-state index in [1.54, 1.807) is 6.33 Å². The second-order valence-electron chi connectivity index (χ2n) is 6.65. The maximum Gasteiger partial charge on any atom is 0.318 e. The van der Waals surface area contributed by atoms with Crippen LogP contribution in [0.5, 0.6) is 0 Å². The van der Waals surface area contributed by atoms with Crippen LogP contribution in [0.4, 0.5) is 4.79 Å². The smallest absolute Gasteiger partial charge is 0.318 e. The predicted molar refractivity (Wildman–Crippen MR) is 94.0 cm³/mol. The number of nitrogens with zero attached hydrogens (tertiary/aromatic N) is 4. The minimum atomic E-state index is -0.216. The Bertz CT molecular complexity index is 745. The molecule has 2 heterocycles. The summed E-state index contributed by atoms with van der Waals surface area (Å²) in [5.41, 5.74) is 2.31. The van der Waals surface area contributed by atoms with Gasteiger partial charge in [0.05, 0.1) is 25.2 Å². The van der Waals surface area contributed by atoms with Crippen molar-refractivity contribution in [2.45, 2.75) is 39.0 Å². The molecule has 3 rings (SSSR count). The van der Waals surface area contributed by atoms with Crippen molar-refractivity contribution in [3.8, 4) is 0 Å². The topological polar surface area (TPSA) is 72.3 Å². The molecule has 2 amide bonds. The average molecular weight is 343 g/mol. The summed E-state index contributed by atoms with van der Waals surface area (Å²) in [6.45, 7) is 7.03. The highest BCUT2D eigenvalue weighted by Gasteiger charge is 2.32. The molecule has 3 atom stereocenters. The number of hydrogen-bond donors (Lipinski definition) is 1. The summed E-state index contributed by atoms with van der Waals surface area (Å²) in [5, 5.41) is 10.9. The van der Waals surface area contributed by atoms with E-state index in [-0.39, 0.29) is 24.2 Å². The monoisotopic (exact) mass is 343 g/mol. The van der Waals surface area contributed by atoms with Crippen molar-refractivity contribution in [1.29, 1.82) is 0 Å². The Balaban J connectivity index is 1.70. The first-order chi connectivity index (χ1) is 12.0. The number of rotatable bonds is 3. The molecule has 1 aliphatic rings. The van der Waals surface area contributed by atoms with Gasteiger partial charge in [-0.2, -0.15) is 0 Å². The van der Waals surface area contributed by atoms with Gasteiger partial charge < -0.3 is 19.5 Å². The number of morpholine rings is 1. The lowest BCUT2D eigenvalue weighted by atomic mass is 10.0. The van der Waals surface area contributed by atoms with Crippen LogP contribution in [0.25, 0.3) is 0 Å².